The van der Waals surface area contributed by atoms with E-state index in [2.05, 4.69) is 20.7 Å². The van der Waals surface area contributed by atoms with E-state index in [1.807, 2.05) is 24.3 Å². The second-order valence-corrected chi connectivity index (χ2v) is 4.38. The van der Waals surface area contributed by atoms with Gasteiger partial charge in [0.05, 0.1) is 7.11 Å². The van der Waals surface area contributed by atoms with Gasteiger partial charge in [-0.2, -0.15) is 0 Å². The molecule has 5 heteroatoms. The number of carbonyl (C=O) groups is 1. The topological polar surface area (TPSA) is 72.5 Å². The zero-order chi connectivity index (χ0) is 12.1. The number of carbonyl (C=O) groups excluding carboxylic acids is 1. The van der Waals surface area contributed by atoms with Crippen molar-refractivity contribution < 1.29 is 14.6 Å². The molecule has 0 saturated heterocycles. The highest BCUT2D eigenvalue weighted by molar-refractivity contribution is 9.10. The Labute approximate surface area is 103 Å². The lowest BCUT2D eigenvalue weighted by Gasteiger charge is -2.16. The number of methoxy groups -OCH3 is 1. The molecule has 0 aromatic heterocycles. The van der Waals surface area contributed by atoms with Crippen molar-refractivity contribution >= 4 is 21.9 Å². The predicted octanol–water partition coefficient (Wildman–Crippen LogP) is 0.853. The minimum absolute atomic E-state index is 0.420. The van der Waals surface area contributed by atoms with Crippen LogP contribution in [-0.2, 0) is 16.0 Å². The van der Waals surface area contributed by atoms with Crippen molar-refractivity contribution in [2.45, 2.75) is 18.6 Å². The Bertz CT molecular complexity index is 353. The second-order valence-electron chi connectivity index (χ2n) is 3.46. The highest BCUT2D eigenvalue weighted by Crippen LogP contribution is 2.12. The average Bonchev–Trinajstić information content (AvgIpc) is 2.30. The molecule has 1 aromatic carbocycles. The van der Waals surface area contributed by atoms with Crippen molar-refractivity contribution in [1.82, 2.24) is 0 Å². The smallest absolute Gasteiger partial charge is 0.336 e. The van der Waals surface area contributed by atoms with Crippen molar-refractivity contribution in [3.8, 4) is 0 Å². The van der Waals surface area contributed by atoms with Crippen LogP contribution in [0.2, 0.25) is 0 Å². The van der Waals surface area contributed by atoms with E-state index >= 15 is 0 Å². The summed E-state index contributed by atoms with van der Waals surface area (Å²) in [5.41, 5.74) is 6.66. The fourth-order valence-electron chi connectivity index (χ4n) is 1.30. The van der Waals surface area contributed by atoms with Gasteiger partial charge in [0.25, 0.3) is 0 Å². The molecule has 1 rings (SSSR count). The number of nitrogens with two attached hydrogens (primary N) is 1. The molecule has 0 aliphatic carbocycles. The summed E-state index contributed by atoms with van der Waals surface area (Å²) < 4.78 is 5.38. The molecule has 0 aliphatic heterocycles. The van der Waals surface area contributed by atoms with E-state index in [4.69, 9.17) is 5.73 Å². The van der Waals surface area contributed by atoms with E-state index in [1.54, 1.807) is 0 Å². The molecule has 2 atom stereocenters. The van der Waals surface area contributed by atoms with Crippen LogP contribution in [0.3, 0.4) is 0 Å². The van der Waals surface area contributed by atoms with E-state index in [1.165, 1.54) is 7.11 Å². The predicted molar refractivity (Wildman–Crippen MR) is 63.8 cm³/mol. The molecule has 0 heterocycles. The first kappa shape index (κ1) is 13.2. The Morgan fingerprint density at radius 1 is 1.50 bits per heavy atom. The SMILES string of the molecule is COC(=O)C(O)[C@H](N)Cc1ccc(Br)cc1. The Balaban J connectivity index is 2.60. The highest BCUT2D eigenvalue weighted by atomic mass is 79.9. The summed E-state index contributed by atoms with van der Waals surface area (Å²) in [5, 5.41) is 9.49. The Morgan fingerprint density at radius 3 is 2.56 bits per heavy atom. The van der Waals surface area contributed by atoms with E-state index in [9.17, 15) is 9.90 Å². The van der Waals surface area contributed by atoms with Crippen LogP contribution in [0.5, 0.6) is 0 Å². The third-order valence-electron chi connectivity index (χ3n) is 2.23. The largest absolute Gasteiger partial charge is 0.467 e. The summed E-state index contributed by atoms with van der Waals surface area (Å²) in [6.07, 6.45) is -0.863. The van der Waals surface area contributed by atoms with Crippen LogP contribution < -0.4 is 5.73 Å². The lowest BCUT2D eigenvalue weighted by Crippen LogP contribution is -2.42. The third-order valence-corrected chi connectivity index (χ3v) is 2.76. The zero-order valence-electron chi connectivity index (χ0n) is 8.89. The molecular formula is C11H14BrNO3. The van der Waals surface area contributed by atoms with Crippen LogP contribution in [0.15, 0.2) is 28.7 Å². The lowest BCUT2D eigenvalue weighted by molar-refractivity contribution is -0.151. The molecule has 3 N–H and O–H groups in total. The maximum absolute atomic E-state index is 11.0. The number of esters is 1. The Hall–Kier alpha value is -0.910. The van der Waals surface area contributed by atoms with E-state index in [-0.39, 0.29) is 0 Å². The van der Waals surface area contributed by atoms with Gasteiger partial charge in [-0.1, -0.05) is 28.1 Å². The van der Waals surface area contributed by atoms with Crippen molar-refractivity contribution in [2.75, 3.05) is 7.11 Å². The lowest BCUT2D eigenvalue weighted by atomic mass is 10.0. The van der Waals surface area contributed by atoms with Gasteiger partial charge in [-0.05, 0) is 24.1 Å². The first-order valence-electron chi connectivity index (χ1n) is 4.80. The van der Waals surface area contributed by atoms with E-state index < -0.39 is 18.1 Å². The van der Waals surface area contributed by atoms with Crippen molar-refractivity contribution in [2.24, 2.45) is 5.73 Å². The summed E-state index contributed by atoms with van der Waals surface area (Å²) in [7, 11) is 1.22. The molecule has 0 fully saturated rings. The van der Waals surface area contributed by atoms with Gasteiger partial charge in [-0.25, -0.2) is 4.79 Å². The van der Waals surface area contributed by atoms with Crippen LogP contribution in [0.4, 0.5) is 0 Å². The monoisotopic (exact) mass is 287 g/mol. The second kappa shape index (κ2) is 5.98. The summed E-state index contributed by atoms with van der Waals surface area (Å²) in [6.45, 7) is 0. The molecule has 0 saturated carbocycles. The number of halogens is 1. The van der Waals surface area contributed by atoms with Crippen LogP contribution in [0, 0.1) is 0 Å². The van der Waals surface area contributed by atoms with Gasteiger partial charge < -0.3 is 15.6 Å². The summed E-state index contributed by atoms with van der Waals surface area (Å²) in [6, 6.07) is 6.87. The van der Waals surface area contributed by atoms with Gasteiger partial charge in [0.2, 0.25) is 0 Å². The number of ether oxygens (including phenoxy) is 1. The number of hydrogen-bond donors (Lipinski definition) is 2. The van der Waals surface area contributed by atoms with Crippen molar-refractivity contribution in [3.63, 3.8) is 0 Å². The molecule has 0 spiro atoms. The van der Waals surface area contributed by atoms with E-state index in [0.717, 1.165) is 10.0 Å². The number of aliphatic hydroxyl groups is 1. The Kier molecular flexibility index (Phi) is 4.92. The van der Waals surface area contributed by atoms with Crippen molar-refractivity contribution in [1.29, 1.82) is 0 Å². The van der Waals surface area contributed by atoms with Gasteiger partial charge in [0.15, 0.2) is 6.10 Å². The maximum Gasteiger partial charge on any atom is 0.336 e. The van der Waals surface area contributed by atoms with Crippen LogP contribution >= 0.6 is 15.9 Å². The Morgan fingerprint density at radius 2 is 2.06 bits per heavy atom. The van der Waals surface area contributed by atoms with Crippen molar-refractivity contribution in [3.05, 3.63) is 34.3 Å². The van der Waals surface area contributed by atoms with Gasteiger partial charge in [0, 0.05) is 10.5 Å². The number of aliphatic hydroxyl groups excluding tert-OH is 1. The van der Waals surface area contributed by atoms with Crippen LogP contribution in [0.1, 0.15) is 5.56 Å². The zero-order valence-corrected chi connectivity index (χ0v) is 10.5. The average molecular weight is 288 g/mol. The fraction of sp³-hybridized carbons (Fsp3) is 0.364. The minimum Gasteiger partial charge on any atom is -0.467 e. The molecule has 0 bridgehead atoms. The quantitative estimate of drug-likeness (QED) is 0.806. The minimum atomic E-state index is -1.28. The van der Waals surface area contributed by atoms with Gasteiger partial charge in [0.1, 0.15) is 0 Å². The molecule has 16 heavy (non-hydrogen) atoms. The normalized spacial score (nSPS) is 14.2. The van der Waals surface area contributed by atoms with E-state index in [0.29, 0.717) is 6.42 Å². The summed E-state index contributed by atoms with van der Waals surface area (Å²) in [5.74, 6) is -0.704. The maximum atomic E-state index is 11.0. The molecule has 1 unspecified atom stereocenters. The summed E-state index contributed by atoms with van der Waals surface area (Å²) >= 11 is 3.32. The molecule has 4 nitrogen and oxygen atoms in total. The first-order valence-corrected chi connectivity index (χ1v) is 5.60. The van der Waals surface area contributed by atoms with Gasteiger partial charge in [-0.3, -0.25) is 0 Å². The molecule has 0 radical (unpaired) electrons. The third kappa shape index (κ3) is 3.59. The molecular weight excluding hydrogens is 274 g/mol. The van der Waals surface area contributed by atoms with Gasteiger partial charge in [-0.15, -0.1) is 0 Å². The van der Waals surface area contributed by atoms with Gasteiger partial charge >= 0.3 is 5.97 Å². The van der Waals surface area contributed by atoms with Crippen LogP contribution in [0.25, 0.3) is 0 Å². The molecule has 1 aromatic rings. The number of benzene rings is 1. The summed E-state index contributed by atoms with van der Waals surface area (Å²) in [4.78, 5) is 11.0. The molecule has 88 valence electrons. The van der Waals surface area contributed by atoms with Crippen LogP contribution in [-0.4, -0.2) is 30.3 Å². The highest BCUT2D eigenvalue weighted by Gasteiger charge is 2.23. The number of hydrogen-bond acceptors (Lipinski definition) is 4. The standard InChI is InChI=1S/C11H14BrNO3/c1-16-11(15)10(14)9(13)6-7-2-4-8(12)5-3-7/h2-5,9-10,14H,6,13H2,1H3/t9-,10?/m1/s1. The first-order chi connectivity index (χ1) is 7.54. The number of rotatable bonds is 4. The molecule has 0 aliphatic rings. The molecule has 0 amide bonds. The fourth-order valence-corrected chi connectivity index (χ4v) is 1.56.